The molecule has 2 aliphatic heterocycles. The van der Waals surface area contributed by atoms with Gasteiger partial charge in [-0.2, -0.15) is 0 Å². The SMILES string of the molecule is CN=C(NCc1ccc(N2CCCC2=O)cc1)N1CCN(Cc2ccon2)CC1. The van der Waals surface area contributed by atoms with Crippen molar-refractivity contribution in [3.05, 3.63) is 47.9 Å². The van der Waals surface area contributed by atoms with E-state index in [1.54, 1.807) is 6.26 Å². The highest BCUT2D eigenvalue weighted by Crippen LogP contribution is 2.21. The van der Waals surface area contributed by atoms with Crippen molar-refractivity contribution in [1.29, 1.82) is 0 Å². The first kappa shape index (κ1) is 19.4. The van der Waals surface area contributed by atoms with E-state index in [1.165, 1.54) is 5.56 Å². The van der Waals surface area contributed by atoms with Crippen LogP contribution in [0.25, 0.3) is 0 Å². The molecule has 0 spiro atoms. The Morgan fingerprint density at radius 3 is 2.55 bits per heavy atom. The van der Waals surface area contributed by atoms with Crippen molar-refractivity contribution in [1.82, 2.24) is 20.3 Å². The highest BCUT2D eigenvalue weighted by molar-refractivity contribution is 5.95. The number of hydrogen-bond donors (Lipinski definition) is 1. The van der Waals surface area contributed by atoms with Gasteiger partial charge in [-0.3, -0.25) is 14.7 Å². The average Bonchev–Trinajstić information content (AvgIpc) is 3.42. The van der Waals surface area contributed by atoms with E-state index >= 15 is 0 Å². The van der Waals surface area contributed by atoms with Gasteiger partial charge in [0.25, 0.3) is 0 Å². The zero-order chi connectivity index (χ0) is 20.1. The third-order valence-corrected chi connectivity index (χ3v) is 5.53. The molecular formula is C21H28N6O2. The molecule has 0 aliphatic carbocycles. The first-order chi connectivity index (χ1) is 14.2. The van der Waals surface area contributed by atoms with Crippen LogP contribution in [0.4, 0.5) is 5.69 Å². The minimum atomic E-state index is 0.221. The van der Waals surface area contributed by atoms with E-state index in [4.69, 9.17) is 4.52 Å². The van der Waals surface area contributed by atoms with Crippen molar-refractivity contribution in [2.45, 2.75) is 25.9 Å². The van der Waals surface area contributed by atoms with E-state index in [1.807, 2.05) is 30.1 Å². The van der Waals surface area contributed by atoms with Crippen LogP contribution in [0.15, 0.2) is 46.1 Å². The summed E-state index contributed by atoms with van der Waals surface area (Å²) in [5.41, 5.74) is 3.13. The van der Waals surface area contributed by atoms with Crippen LogP contribution in [-0.4, -0.2) is 66.6 Å². The van der Waals surface area contributed by atoms with E-state index < -0.39 is 0 Å². The molecule has 2 aliphatic rings. The Morgan fingerprint density at radius 1 is 1.14 bits per heavy atom. The number of carbonyl (C=O) groups is 1. The van der Waals surface area contributed by atoms with Gasteiger partial charge >= 0.3 is 0 Å². The van der Waals surface area contributed by atoms with Gasteiger partial charge < -0.3 is 19.6 Å². The molecule has 3 heterocycles. The number of amides is 1. The van der Waals surface area contributed by atoms with E-state index in [9.17, 15) is 4.79 Å². The largest absolute Gasteiger partial charge is 0.364 e. The molecule has 8 heteroatoms. The predicted molar refractivity (Wildman–Crippen MR) is 112 cm³/mol. The van der Waals surface area contributed by atoms with Crippen LogP contribution < -0.4 is 10.2 Å². The normalized spacial score (nSPS) is 18.5. The molecule has 29 heavy (non-hydrogen) atoms. The zero-order valence-electron chi connectivity index (χ0n) is 16.9. The smallest absolute Gasteiger partial charge is 0.227 e. The van der Waals surface area contributed by atoms with E-state index in [-0.39, 0.29) is 5.91 Å². The third kappa shape index (κ3) is 4.76. The Kier molecular flexibility index (Phi) is 6.09. The van der Waals surface area contributed by atoms with Crippen molar-refractivity contribution in [2.75, 3.05) is 44.7 Å². The van der Waals surface area contributed by atoms with Gasteiger partial charge in [-0.1, -0.05) is 17.3 Å². The van der Waals surface area contributed by atoms with Gasteiger partial charge in [0.05, 0.1) is 5.69 Å². The summed E-state index contributed by atoms with van der Waals surface area (Å²) in [5, 5.41) is 7.45. The van der Waals surface area contributed by atoms with Gasteiger partial charge in [0.1, 0.15) is 6.26 Å². The summed E-state index contributed by atoms with van der Waals surface area (Å²) in [5.74, 6) is 1.14. The fourth-order valence-corrected chi connectivity index (χ4v) is 3.89. The third-order valence-electron chi connectivity index (χ3n) is 5.53. The first-order valence-corrected chi connectivity index (χ1v) is 10.2. The second kappa shape index (κ2) is 9.09. The molecule has 2 saturated heterocycles. The molecule has 154 valence electrons. The lowest BCUT2D eigenvalue weighted by atomic mass is 10.2. The average molecular weight is 396 g/mol. The van der Waals surface area contributed by atoms with Crippen molar-refractivity contribution >= 4 is 17.6 Å². The first-order valence-electron chi connectivity index (χ1n) is 10.2. The van der Waals surface area contributed by atoms with Gasteiger partial charge in [-0.15, -0.1) is 0 Å². The van der Waals surface area contributed by atoms with Gasteiger partial charge in [-0.05, 0) is 24.1 Å². The molecule has 2 aromatic rings. The van der Waals surface area contributed by atoms with Crippen molar-refractivity contribution < 1.29 is 9.32 Å². The van der Waals surface area contributed by atoms with Gasteiger partial charge in [-0.25, -0.2) is 0 Å². The van der Waals surface area contributed by atoms with Crippen molar-refractivity contribution in [3.63, 3.8) is 0 Å². The highest BCUT2D eigenvalue weighted by Gasteiger charge is 2.22. The number of benzene rings is 1. The van der Waals surface area contributed by atoms with Gasteiger partial charge in [0.15, 0.2) is 5.96 Å². The molecule has 0 unspecified atom stereocenters. The van der Waals surface area contributed by atoms with Crippen molar-refractivity contribution in [2.24, 2.45) is 4.99 Å². The summed E-state index contributed by atoms with van der Waals surface area (Å²) in [7, 11) is 1.83. The number of guanidine groups is 1. The van der Waals surface area contributed by atoms with Crippen LogP contribution in [0, 0.1) is 0 Å². The second-order valence-corrected chi connectivity index (χ2v) is 7.47. The maximum atomic E-state index is 11.9. The predicted octanol–water partition coefficient (Wildman–Crippen LogP) is 1.69. The summed E-state index contributed by atoms with van der Waals surface area (Å²) in [4.78, 5) is 22.9. The maximum Gasteiger partial charge on any atom is 0.227 e. The number of rotatable bonds is 5. The topological polar surface area (TPSA) is 77.2 Å². The Morgan fingerprint density at radius 2 is 1.93 bits per heavy atom. The number of nitrogens with zero attached hydrogens (tertiary/aromatic N) is 5. The molecule has 0 atom stereocenters. The summed E-state index contributed by atoms with van der Waals surface area (Å²) in [6.07, 6.45) is 3.22. The molecule has 1 aromatic carbocycles. The molecular weight excluding hydrogens is 368 g/mol. The summed E-state index contributed by atoms with van der Waals surface area (Å²) in [6, 6.07) is 10.1. The number of piperazine rings is 1. The molecule has 1 aromatic heterocycles. The lowest BCUT2D eigenvalue weighted by Crippen LogP contribution is -2.52. The van der Waals surface area contributed by atoms with Crippen LogP contribution in [0.5, 0.6) is 0 Å². The number of carbonyl (C=O) groups excluding carboxylic acids is 1. The van der Waals surface area contributed by atoms with E-state index in [0.29, 0.717) is 13.0 Å². The van der Waals surface area contributed by atoms with Crippen LogP contribution in [0.2, 0.25) is 0 Å². The summed E-state index contributed by atoms with van der Waals surface area (Å²) in [6.45, 7) is 6.13. The summed E-state index contributed by atoms with van der Waals surface area (Å²) < 4.78 is 4.91. The molecule has 0 bridgehead atoms. The fourth-order valence-electron chi connectivity index (χ4n) is 3.89. The standard InChI is InChI=1S/C21H28N6O2/c1-22-21(26-12-10-25(11-13-26)16-18-8-14-29-24-18)23-15-17-4-6-19(7-5-17)27-9-2-3-20(27)28/h4-8,14H,2-3,9-13,15-16H2,1H3,(H,22,23). The number of aromatic nitrogens is 1. The number of hydrogen-bond acceptors (Lipinski definition) is 5. The van der Waals surface area contributed by atoms with Gasteiger partial charge in [0, 0.05) is 71.0 Å². The summed E-state index contributed by atoms with van der Waals surface area (Å²) >= 11 is 0. The molecule has 1 N–H and O–H groups in total. The quantitative estimate of drug-likeness (QED) is 0.612. The molecule has 1 amide bonds. The van der Waals surface area contributed by atoms with E-state index in [0.717, 1.165) is 63.0 Å². The molecule has 0 saturated carbocycles. The fraction of sp³-hybridized carbons (Fsp3) is 0.476. The molecule has 2 fully saturated rings. The van der Waals surface area contributed by atoms with Crippen molar-refractivity contribution in [3.8, 4) is 0 Å². The van der Waals surface area contributed by atoms with Crippen LogP contribution in [0.1, 0.15) is 24.1 Å². The highest BCUT2D eigenvalue weighted by atomic mass is 16.5. The van der Waals surface area contributed by atoms with E-state index in [2.05, 4.69) is 37.4 Å². The lowest BCUT2D eigenvalue weighted by Gasteiger charge is -2.36. The van der Waals surface area contributed by atoms with Crippen LogP contribution in [0.3, 0.4) is 0 Å². The number of anilines is 1. The minimum absolute atomic E-state index is 0.221. The Labute approximate surface area is 171 Å². The van der Waals surface area contributed by atoms with Gasteiger partial charge in [0.2, 0.25) is 5.91 Å². The maximum absolute atomic E-state index is 11.9. The zero-order valence-corrected chi connectivity index (χ0v) is 16.9. The number of aliphatic imine (C=N–C) groups is 1. The molecule has 0 radical (unpaired) electrons. The Bertz CT molecular complexity index is 825. The second-order valence-electron chi connectivity index (χ2n) is 7.47. The lowest BCUT2D eigenvalue weighted by molar-refractivity contribution is -0.117. The number of nitrogens with one attached hydrogen (secondary N) is 1. The Hall–Kier alpha value is -2.87. The van der Waals surface area contributed by atoms with Crippen LogP contribution in [-0.2, 0) is 17.9 Å². The Balaban J connectivity index is 1.26. The molecule has 8 nitrogen and oxygen atoms in total. The monoisotopic (exact) mass is 396 g/mol. The molecule has 4 rings (SSSR count). The minimum Gasteiger partial charge on any atom is -0.364 e. The van der Waals surface area contributed by atoms with Crippen LogP contribution >= 0.6 is 0 Å².